The van der Waals surface area contributed by atoms with Crippen LogP contribution in [0.2, 0.25) is 0 Å². The molecule has 0 spiro atoms. The van der Waals surface area contributed by atoms with Crippen LogP contribution in [0.25, 0.3) is 10.7 Å². The van der Waals surface area contributed by atoms with Crippen molar-refractivity contribution in [1.82, 2.24) is 9.97 Å². The van der Waals surface area contributed by atoms with Crippen LogP contribution in [0.4, 0.5) is 5.82 Å². The van der Waals surface area contributed by atoms with E-state index in [1.165, 1.54) is 4.88 Å². The first-order chi connectivity index (χ1) is 7.69. The van der Waals surface area contributed by atoms with Crippen LogP contribution in [0, 0.1) is 13.8 Å². The fourth-order valence-electron chi connectivity index (χ4n) is 1.51. The van der Waals surface area contributed by atoms with Crippen molar-refractivity contribution in [3.05, 3.63) is 28.8 Å². The summed E-state index contributed by atoms with van der Waals surface area (Å²) in [5, 5.41) is 3.22. The molecule has 84 valence electrons. The Morgan fingerprint density at radius 1 is 1.25 bits per heavy atom. The minimum Gasteiger partial charge on any atom is -0.370 e. The third-order valence-corrected chi connectivity index (χ3v) is 3.17. The van der Waals surface area contributed by atoms with Crippen molar-refractivity contribution < 1.29 is 0 Å². The van der Waals surface area contributed by atoms with E-state index < -0.39 is 0 Å². The molecule has 0 radical (unpaired) electrons. The summed E-state index contributed by atoms with van der Waals surface area (Å²) in [7, 11) is 0. The maximum Gasteiger partial charge on any atom is 0.171 e. The fraction of sp³-hybridized carbons (Fsp3) is 0.333. The van der Waals surface area contributed by atoms with Gasteiger partial charge in [-0.25, -0.2) is 9.97 Å². The normalized spacial score (nSPS) is 10.4. The number of nitrogens with zero attached hydrogens (tertiary/aromatic N) is 2. The van der Waals surface area contributed by atoms with Crippen molar-refractivity contribution in [3.8, 4) is 10.7 Å². The first kappa shape index (κ1) is 11.1. The second-order valence-electron chi connectivity index (χ2n) is 3.66. The number of hydrogen-bond acceptors (Lipinski definition) is 4. The molecule has 2 rings (SSSR count). The topological polar surface area (TPSA) is 37.8 Å². The number of aryl methyl sites for hydroxylation is 2. The summed E-state index contributed by atoms with van der Waals surface area (Å²) < 4.78 is 0. The van der Waals surface area contributed by atoms with Crippen LogP contribution >= 0.6 is 11.3 Å². The van der Waals surface area contributed by atoms with Crippen LogP contribution in [-0.4, -0.2) is 16.5 Å². The molecule has 0 amide bonds. The van der Waals surface area contributed by atoms with Gasteiger partial charge in [-0.1, -0.05) is 0 Å². The zero-order chi connectivity index (χ0) is 11.5. The molecule has 0 atom stereocenters. The Balaban J connectivity index is 2.40. The van der Waals surface area contributed by atoms with Gasteiger partial charge in [-0.05, 0) is 32.9 Å². The van der Waals surface area contributed by atoms with Crippen LogP contribution in [0.15, 0.2) is 18.2 Å². The standard InChI is InChI=1S/C12H15N3S/c1-4-13-11-7-8(2)14-12(15-11)10-6-5-9(3)16-10/h5-7H,4H2,1-3H3,(H,13,14,15). The molecule has 0 saturated carbocycles. The molecule has 0 saturated heterocycles. The van der Waals surface area contributed by atoms with Gasteiger partial charge in [0.1, 0.15) is 5.82 Å². The molecule has 2 aromatic rings. The van der Waals surface area contributed by atoms with E-state index in [-0.39, 0.29) is 0 Å². The number of thiophene rings is 1. The highest BCUT2D eigenvalue weighted by Gasteiger charge is 2.06. The van der Waals surface area contributed by atoms with Crippen molar-refractivity contribution >= 4 is 17.2 Å². The Bertz CT molecular complexity index is 491. The molecule has 0 unspecified atom stereocenters. The monoisotopic (exact) mass is 233 g/mol. The number of aromatic nitrogens is 2. The molecule has 0 aliphatic heterocycles. The predicted octanol–water partition coefficient (Wildman–Crippen LogP) is 3.25. The SMILES string of the molecule is CCNc1cc(C)nc(-c2ccc(C)s2)n1. The summed E-state index contributed by atoms with van der Waals surface area (Å²) in [4.78, 5) is 11.4. The van der Waals surface area contributed by atoms with Crippen LogP contribution in [-0.2, 0) is 0 Å². The molecule has 1 N–H and O–H groups in total. The van der Waals surface area contributed by atoms with E-state index in [1.54, 1.807) is 11.3 Å². The Labute approximate surface area is 99.6 Å². The predicted molar refractivity (Wildman–Crippen MR) is 69.0 cm³/mol. The van der Waals surface area contributed by atoms with Crippen LogP contribution in [0.1, 0.15) is 17.5 Å². The highest BCUT2D eigenvalue weighted by atomic mass is 32.1. The first-order valence-electron chi connectivity index (χ1n) is 5.35. The van der Waals surface area contributed by atoms with Crippen molar-refractivity contribution in [2.24, 2.45) is 0 Å². The van der Waals surface area contributed by atoms with E-state index >= 15 is 0 Å². The van der Waals surface area contributed by atoms with E-state index in [9.17, 15) is 0 Å². The molecule has 4 heteroatoms. The largest absolute Gasteiger partial charge is 0.370 e. The van der Waals surface area contributed by atoms with Gasteiger partial charge in [-0.3, -0.25) is 0 Å². The third-order valence-electron chi connectivity index (χ3n) is 2.17. The van der Waals surface area contributed by atoms with E-state index in [4.69, 9.17) is 0 Å². The molecule has 0 fully saturated rings. The Hall–Kier alpha value is -1.42. The lowest BCUT2D eigenvalue weighted by molar-refractivity contribution is 1.08. The van der Waals surface area contributed by atoms with Gasteiger partial charge in [0, 0.05) is 23.2 Å². The van der Waals surface area contributed by atoms with Crippen LogP contribution in [0.5, 0.6) is 0 Å². The summed E-state index contributed by atoms with van der Waals surface area (Å²) in [6, 6.07) is 6.14. The zero-order valence-electron chi connectivity index (χ0n) is 9.74. The summed E-state index contributed by atoms with van der Waals surface area (Å²) in [6.07, 6.45) is 0. The molecular formula is C12H15N3S. The van der Waals surface area contributed by atoms with Crippen molar-refractivity contribution in [3.63, 3.8) is 0 Å². The number of nitrogens with one attached hydrogen (secondary N) is 1. The van der Waals surface area contributed by atoms with Gasteiger partial charge >= 0.3 is 0 Å². The summed E-state index contributed by atoms with van der Waals surface area (Å²) in [5.74, 6) is 1.71. The molecule has 0 bridgehead atoms. The average molecular weight is 233 g/mol. The molecule has 2 aromatic heterocycles. The van der Waals surface area contributed by atoms with Gasteiger partial charge in [0.25, 0.3) is 0 Å². The molecule has 0 aromatic carbocycles. The average Bonchev–Trinajstić information content (AvgIpc) is 2.64. The number of anilines is 1. The summed E-state index contributed by atoms with van der Waals surface area (Å²) >= 11 is 1.72. The number of rotatable bonds is 3. The van der Waals surface area contributed by atoms with Crippen molar-refractivity contribution in [2.75, 3.05) is 11.9 Å². The zero-order valence-corrected chi connectivity index (χ0v) is 10.6. The quantitative estimate of drug-likeness (QED) is 0.884. The summed E-state index contributed by atoms with van der Waals surface area (Å²) in [6.45, 7) is 7.02. The van der Waals surface area contributed by atoms with Crippen molar-refractivity contribution in [1.29, 1.82) is 0 Å². The molecule has 2 heterocycles. The second-order valence-corrected chi connectivity index (χ2v) is 4.95. The maximum atomic E-state index is 4.50. The second kappa shape index (κ2) is 4.61. The van der Waals surface area contributed by atoms with Gasteiger partial charge in [-0.2, -0.15) is 0 Å². The van der Waals surface area contributed by atoms with E-state index in [2.05, 4.69) is 41.3 Å². The molecule has 0 aliphatic rings. The summed E-state index contributed by atoms with van der Waals surface area (Å²) in [5.41, 5.74) is 0.993. The molecule has 3 nitrogen and oxygen atoms in total. The third kappa shape index (κ3) is 2.39. The highest BCUT2D eigenvalue weighted by molar-refractivity contribution is 7.15. The van der Waals surface area contributed by atoms with Gasteiger partial charge in [0.05, 0.1) is 4.88 Å². The Morgan fingerprint density at radius 2 is 2.06 bits per heavy atom. The maximum absolute atomic E-state index is 4.50. The highest BCUT2D eigenvalue weighted by Crippen LogP contribution is 2.25. The lowest BCUT2D eigenvalue weighted by atomic mass is 10.3. The van der Waals surface area contributed by atoms with E-state index in [0.717, 1.165) is 28.8 Å². The minimum atomic E-state index is 0.814. The lowest BCUT2D eigenvalue weighted by Crippen LogP contribution is -2.02. The minimum absolute atomic E-state index is 0.814. The van der Waals surface area contributed by atoms with Gasteiger partial charge in [-0.15, -0.1) is 11.3 Å². The molecule has 0 aliphatic carbocycles. The van der Waals surface area contributed by atoms with E-state index in [1.807, 2.05) is 13.0 Å². The van der Waals surface area contributed by atoms with Crippen LogP contribution in [0.3, 0.4) is 0 Å². The van der Waals surface area contributed by atoms with Crippen molar-refractivity contribution in [2.45, 2.75) is 20.8 Å². The first-order valence-corrected chi connectivity index (χ1v) is 6.17. The Morgan fingerprint density at radius 3 is 2.69 bits per heavy atom. The number of hydrogen-bond donors (Lipinski definition) is 1. The molecular weight excluding hydrogens is 218 g/mol. The molecule has 16 heavy (non-hydrogen) atoms. The van der Waals surface area contributed by atoms with Gasteiger partial charge in [0.2, 0.25) is 0 Å². The fourth-order valence-corrected chi connectivity index (χ4v) is 2.31. The Kier molecular flexibility index (Phi) is 3.19. The van der Waals surface area contributed by atoms with E-state index in [0.29, 0.717) is 0 Å². The van der Waals surface area contributed by atoms with Gasteiger partial charge < -0.3 is 5.32 Å². The lowest BCUT2D eigenvalue weighted by Gasteiger charge is -2.05. The smallest absolute Gasteiger partial charge is 0.171 e. The van der Waals surface area contributed by atoms with Crippen LogP contribution < -0.4 is 5.32 Å². The van der Waals surface area contributed by atoms with Gasteiger partial charge in [0.15, 0.2) is 5.82 Å².